The molecule has 1 fully saturated rings. The largest absolute Gasteiger partial charge is 0.508 e. The molecule has 1 aromatic carbocycles. The molecule has 1 aliphatic heterocycles. The number of phenolic OH excluding ortho intramolecular Hbond substituents is 1. The molecule has 19 heavy (non-hydrogen) atoms. The molecule has 3 nitrogen and oxygen atoms in total. The number of nitrogens with zero attached hydrogens (tertiary/aromatic N) is 2. The molecule has 0 saturated carbocycles. The van der Waals surface area contributed by atoms with Crippen LogP contribution in [0.5, 0.6) is 5.75 Å². The van der Waals surface area contributed by atoms with Gasteiger partial charge in [0.15, 0.2) is 0 Å². The van der Waals surface area contributed by atoms with Gasteiger partial charge in [-0.25, -0.2) is 4.39 Å². The minimum atomic E-state index is -0.388. The summed E-state index contributed by atoms with van der Waals surface area (Å²) in [7, 11) is 0. The Kier molecular flexibility index (Phi) is 4.77. The first-order chi connectivity index (χ1) is 9.11. The topological polar surface area (TPSA) is 26.7 Å². The molecular formula is C15H23FN2O. The third kappa shape index (κ3) is 3.45. The van der Waals surface area contributed by atoms with Gasteiger partial charge in [0.25, 0.3) is 0 Å². The van der Waals surface area contributed by atoms with E-state index in [1.54, 1.807) is 6.07 Å². The van der Waals surface area contributed by atoms with Crippen molar-refractivity contribution in [1.82, 2.24) is 9.80 Å². The summed E-state index contributed by atoms with van der Waals surface area (Å²) in [6.45, 7) is 9.56. The summed E-state index contributed by atoms with van der Waals surface area (Å²) in [6.07, 6.45) is 1.19. The Morgan fingerprint density at radius 2 is 1.95 bits per heavy atom. The van der Waals surface area contributed by atoms with E-state index in [2.05, 4.69) is 23.6 Å². The Hall–Kier alpha value is -1.13. The van der Waals surface area contributed by atoms with E-state index in [0.29, 0.717) is 0 Å². The van der Waals surface area contributed by atoms with Crippen LogP contribution in [-0.4, -0.2) is 47.6 Å². The van der Waals surface area contributed by atoms with Crippen molar-refractivity contribution in [3.05, 3.63) is 29.6 Å². The summed E-state index contributed by atoms with van der Waals surface area (Å²) in [5.41, 5.74) is 0.811. The number of hydrogen-bond acceptors (Lipinski definition) is 3. The number of phenols is 1. The number of benzene rings is 1. The molecule has 1 atom stereocenters. The maximum atomic E-state index is 13.0. The summed E-state index contributed by atoms with van der Waals surface area (Å²) < 4.78 is 13.0. The van der Waals surface area contributed by atoms with Crippen LogP contribution < -0.4 is 0 Å². The van der Waals surface area contributed by atoms with E-state index in [0.717, 1.165) is 38.3 Å². The van der Waals surface area contributed by atoms with Crippen molar-refractivity contribution in [1.29, 1.82) is 0 Å². The standard InChI is InChI=1S/C15H23FN2O/c1-3-6-17-7-9-18(10-8-17)12(2)14-5-4-13(16)11-15(14)19/h4-5,11-12,19H,3,6-10H2,1-2H3. The fourth-order valence-electron chi connectivity index (χ4n) is 2.76. The number of hydrogen-bond donors (Lipinski definition) is 1. The normalized spacial score (nSPS) is 19.5. The molecular weight excluding hydrogens is 243 g/mol. The Balaban J connectivity index is 1.99. The average Bonchev–Trinajstić information content (AvgIpc) is 2.39. The molecule has 4 heteroatoms. The number of piperazine rings is 1. The van der Waals surface area contributed by atoms with Crippen LogP contribution in [0.4, 0.5) is 4.39 Å². The van der Waals surface area contributed by atoms with Gasteiger partial charge in [-0.15, -0.1) is 0 Å². The van der Waals surface area contributed by atoms with E-state index in [9.17, 15) is 9.50 Å². The van der Waals surface area contributed by atoms with Gasteiger partial charge in [-0.3, -0.25) is 4.90 Å². The van der Waals surface area contributed by atoms with E-state index in [1.165, 1.54) is 18.6 Å². The lowest BCUT2D eigenvalue weighted by molar-refractivity contribution is 0.101. The molecule has 1 saturated heterocycles. The minimum absolute atomic E-state index is 0.0588. The Bertz CT molecular complexity index is 417. The molecule has 2 rings (SSSR count). The predicted octanol–water partition coefficient (Wildman–Crippen LogP) is 2.62. The predicted molar refractivity (Wildman–Crippen MR) is 74.8 cm³/mol. The van der Waals surface area contributed by atoms with Gasteiger partial charge in [0, 0.05) is 43.9 Å². The van der Waals surface area contributed by atoms with Crippen LogP contribution in [0.15, 0.2) is 18.2 Å². The van der Waals surface area contributed by atoms with E-state index in [-0.39, 0.29) is 17.6 Å². The Morgan fingerprint density at radius 3 is 2.53 bits per heavy atom. The van der Waals surface area contributed by atoms with E-state index in [1.807, 2.05) is 0 Å². The number of halogens is 1. The fourth-order valence-corrected chi connectivity index (χ4v) is 2.76. The quantitative estimate of drug-likeness (QED) is 0.907. The van der Waals surface area contributed by atoms with Crippen molar-refractivity contribution in [2.24, 2.45) is 0 Å². The van der Waals surface area contributed by atoms with E-state index >= 15 is 0 Å². The van der Waals surface area contributed by atoms with Gasteiger partial charge in [-0.2, -0.15) is 0 Å². The van der Waals surface area contributed by atoms with Gasteiger partial charge in [-0.1, -0.05) is 13.0 Å². The van der Waals surface area contributed by atoms with Crippen molar-refractivity contribution < 1.29 is 9.50 Å². The van der Waals surface area contributed by atoms with Crippen LogP contribution in [0.3, 0.4) is 0 Å². The lowest BCUT2D eigenvalue weighted by Gasteiger charge is -2.38. The molecule has 106 valence electrons. The second kappa shape index (κ2) is 6.35. The van der Waals surface area contributed by atoms with Crippen LogP contribution >= 0.6 is 0 Å². The van der Waals surface area contributed by atoms with Gasteiger partial charge in [0.05, 0.1) is 0 Å². The third-order valence-electron chi connectivity index (χ3n) is 3.94. The smallest absolute Gasteiger partial charge is 0.126 e. The van der Waals surface area contributed by atoms with Crippen molar-refractivity contribution >= 4 is 0 Å². The summed E-state index contributed by atoms with van der Waals surface area (Å²) in [5.74, 6) is -0.329. The molecule has 1 N–H and O–H groups in total. The molecule has 0 aliphatic carbocycles. The van der Waals surface area contributed by atoms with Crippen molar-refractivity contribution in [2.45, 2.75) is 26.3 Å². The zero-order valence-electron chi connectivity index (χ0n) is 11.8. The summed E-state index contributed by atoms with van der Waals surface area (Å²) in [5, 5.41) is 9.85. The van der Waals surface area contributed by atoms with Crippen molar-refractivity contribution in [3.8, 4) is 5.75 Å². The highest BCUT2D eigenvalue weighted by Crippen LogP contribution is 2.29. The zero-order chi connectivity index (χ0) is 13.8. The van der Waals surface area contributed by atoms with Crippen LogP contribution in [-0.2, 0) is 0 Å². The maximum absolute atomic E-state index is 13.0. The first-order valence-corrected chi connectivity index (χ1v) is 7.06. The molecule has 0 radical (unpaired) electrons. The van der Waals surface area contributed by atoms with Gasteiger partial charge < -0.3 is 10.0 Å². The summed E-state index contributed by atoms with van der Waals surface area (Å²) >= 11 is 0. The lowest BCUT2D eigenvalue weighted by Crippen LogP contribution is -2.47. The molecule has 1 aliphatic rings. The monoisotopic (exact) mass is 266 g/mol. The Morgan fingerprint density at radius 1 is 1.26 bits per heavy atom. The summed E-state index contributed by atoms with van der Waals surface area (Å²) in [6, 6.07) is 4.43. The highest BCUT2D eigenvalue weighted by Gasteiger charge is 2.23. The summed E-state index contributed by atoms with van der Waals surface area (Å²) in [4.78, 5) is 4.81. The SMILES string of the molecule is CCCN1CCN(C(C)c2ccc(F)cc2O)CC1. The number of aromatic hydroxyl groups is 1. The molecule has 1 aromatic rings. The van der Waals surface area contributed by atoms with Gasteiger partial charge in [-0.05, 0) is 26.0 Å². The van der Waals surface area contributed by atoms with E-state index < -0.39 is 0 Å². The van der Waals surface area contributed by atoms with Crippen LogP contribution in [0.1, 0.15) is 31.9 Å². The second-order valence-electron chi connectivity index (χ2n) is 5.26. The lowest BCUT2D eigenvalue weighted by atomic mass is 10.0. The number of rotatable bonds is 4. The van der Waals surface area contributed by atoms with Crippen LogP contribution in [0.2, 0.25) is 0 Å². The average molecular weight is 266 g/mol. The molecule has 0 bridgehead atoms. The van der Waals surface area contributed by atoms with Crippen LogP contribution in [0, 0.1) is 5.82 Å². The maximum Gasteiger partial charge on any atom is 0.126 e. The molecule has 0 aromatic heterocycles. The first kappa shape index (κ1) is 14.3. The molecule has 0 spiro atoms. The highest BCUT2D eigenvalue weighted by atomic mass is 19.1. The minimum Gasteiger partial charge on any atom is -0.508 e. The Labute approximate surface area is 114 Å². The van der Waals surface area contributed by atoms with Gasteiger partial charge in [0.2, 0.25) is 0 Å². The van der Waals surface area contributed by atoms with Crippen molar-refractivity contribution in [3.63, 3.8) is 0 Å². The third-order valence-corrected chi connectivity index (χ3v) is 3.94. The molecule has 0 amide bonds. The first-order valence-electron chi connectivity index (χ1n) is 7.06. The van der Waals surface area contributed by atoms with Gasteiger partial charge >= 0.3 is 0 Å². The zero-order valence-corrected chi connectivity index (χ0v) is 11.8. The second-order valence-corrected chi connectivity index (χ2v) is 5.26. The highest BCUT2D eigenvalue weighted by molar-refractivity contribution is 5.35. The molecule has 1 heterocycles. The fraction of sp³-hybridized carbons (Fsp3) is 0.600. The van der Waals surface area contributed by atoms with E-state index in [4.69, 9.17) is 0 Å². The van der Waals surface area contributed by atoms with Crippen molar-refractivity contribution in [2.75, 3.05) is 32.7 Å². The van der Waals surface area contributed by atoms with Gasteiger partial charge in [0.1, 0.15) is 11.6 Å². The molecule has 1 unspecified atom stereocenters. The van der Waals surface area contributed by atoms with Crippen LogP contribution in [0.25, 0.3) is 0 Å².